The molecule has 0 atom stereocenters. The molecule has 0 bridgehead atoms. The number of ether oxygens (including phenoxy) is 1. The normalized spacial score (nSPS) is 12.6. The summed E-state index contributed by atoms with van der Waals surface area (Å²) in [6.07, 6.45) is -1.23. The SMILES string of the molecule is CC(F)(F)c1ncn2cnc(-c3cnc(OCC(F)(F)F)c(F)c3)cc12. The highest BCUT2D eigenvalue weighted by Crippen LogP contribution is 2.31. The van der Waals surface area contributed by atoms with E-state index >= 15 is 0 Å². The lowest BCUT2D eigenvalue weighted by Gasteiger charge is -2.10. The monoisotopic (exact) mass is 376 g/mol. The molecule has 0 N–H and O–H groups in total. The zero-order valence-corrected chi connectivity index (χ0v) is 13.1. The minimum absolute atomic E-state index is 0.0558. The molecule has 138 valence electrons. The standard InChI is InChI=1S/C15H10F6N4O/c1-14(17,18)12-11-3-10(23-6-25(11)7-24-12)8-2-9(16)13(22-4-8)26-5-15(19,20)21/h2-4,6-7H,5H2,1H3. The number of aromatic nitrogens is 4. The molecule has 0 spiro atoms. The van der Waals surface area contributed by atoms with Crippen LogP contribution in [0.3, 0.4) is 0 Å². The van der Waals surface area contributed by atoms with Gasteiger partial charge in [-0.25, -0.2) is 19.3 Å². The molecule has 0 saturated carbocycles. The van der Waals surface area contributed by atoms with Crippen molar-refractivity contribution in [3.05, 3.63) is 42.5 Å². The molecule has 0 fully saturated rings. The topological polar surface area (TPSA) is 52.3 Å². The van der Waals surface area contributed by atoms with Gasteiger partial charge in [-0.05, 0) is 12.1 Å². The Morgan fingerprint density at radius 2 is 1.73 bits per heavy atom. The van der Waals surface area contributed by atoms with Crippen molar-refractivity contribution in [2.75, 3.05) is 6.61 Å². The van der Waals surface area contributed by atoms with Crippen molar-refractivity contribution in [2.45, 2.75) is 19.0 Å². The maximum absolute atomic E-state index is 13.9. The van der Waals surface area contributed by atoms with E-state index in [0.29, 0.717) is 6.92 Å². The van der Waals surface area contributed by atoms with Crippen LogP contribution in [0, 0.1) is 5.82 Å². The summed E-state index contributed by atoms with van der Waals surface area (Å²) < 4.78 is 82.9. The minimum Gasteiger partial charge on any atom is -0.466 e. The first kappa shape index (κ1) is 18.0. The van der Waals surface area contributed by atoms with Gasteiger partial charge in [0.2, 0.25) is 0 Å². The highest BCUT2D eigenvalue weighted by Gasteiger charge is 2.30. The molecule has 0 amide bonds. The maximum Gasteiger partial charge on any atom is 0.422 e. The summed E-state index contributed by atoms with van der Waals surface area (Å²) in [5, 5.41) is 0. The van der Waals surface area contributed by atoms with E-state index in [1.54, 1.807) is 0 Å². The number of alkyl halides is 5. The number of nitrogens with zero attached hydrogens (tertiary/aromatic N) is 4. The Morgan fingerprint density at radius 3 is 2.35 bits per heavy atom. The van der Waals surface area contributed by atoms with Crippen LogP contribution in [-0.4, -0.2) is 32.1 Å². The molecule has 0 saturated heterocycles. The predicted octanol–water partition coefficient (Wildman–Crippen LogP) is 3.98. The number of imidazole rings is 1. The van der Waals surface area contributed by atoms with Crippen molar-refractivity contribution in [3.8, 4) is 17.1 Å². The maximum atomic E-state index is 13.9. The third-order valence-corrected chi connectivity index (χ3v) is 3.32. The van der Waals surface area contributed by atoms with Gasteiger partial charge in [-0.1, -0.05) is 0 Å². The van der Waals surface area contributed by atoms with E-state index in [4.69, 9.17) is 0 Å². The van der Waals surface area contributed by atoms with Crippen LogP contribution < -0.4 is 4.74 Å². The quantitative estimate of drug-likeness (QED) is 0.647. The lowest BCUT2D eigenvalue weighted by atomic mass is 10.1. The summed E-state index contributed by atoms with van der Waals surface area (Å²) in [4.78, 5) is 11.1. The van der Waals surface area contributed by atoms with Crippen LogP contribution in [0.2, 0.25) is 0 Å². The number of hydrogen-bond acceptors (Lipinski definition) is 4. The molecule has 0 radical (unpaired) electrons. The third-order valence-electron chi connectivity index (χ3n) is 3.32. The highest BCUT2D eigenvalue weighted by atomic mass is 19.4. The zero-order chi connectivity index (χ0) is 19.1. The molecule has 11 heteroatoms. The van der Waals surface area contributed by atoms with Crippen molar-refractivity contribution in [2.24, 2.45) is 0 Å². The second-order valence-corrected chi connectivity index (χ2v) is 5.46. The van der Waals surface area contributed by atoms with Gasteiger partial charge in [-0.3, -0.25) is 4.40 Å². The lowest BCUT2D eigenvalue weighted by molar-refractivity contribution is -0.154. The Labute approximate surface area is 142 Å². The molecule has 3 aromatic heterocycles. The van der Waals surface area contributed by atoms with Crippen molar-refractivity contribution in [1.82, 2.24) is 19.4 Å². The first-order valence-corrected chi connectivity index (χ1v) is 7.11. The zero-order valence-electron chi connectivity index (χ0n) is 13.1. The van der Waals surface area contributed by atoms with Crippen molar-refractivity contribution in [3.63, 3.8) is 0 Å². The lowest BCUT2D eigenvalue weighted by Crippen LogP contribution is -2.20. The molecule has 0 unspecified atom stereocenters. The van der Waals surface area contributed by atoms with Crippen LogP contribution in [0.5, 0.6) is 5.88 Å². The van der Waals surface area contributed by atoms with Gasteiger partial charge in [-0.2, -0.15) is 22.0 Å². The Balaban J connectivity index is 1.95. The molecule has 0 aliphatic carbocycles. The average Bonchev–Trinajstić information content (AvgIpc) is 2.96. The number of rotatable bonds is 4. The summed E-state index contributed by atoms with van der Waals surface area (Å²) in [6, 6.07) is 2.12. The minimum atomic E-state index is -4.64. The van der Waals surface area contributed by atoms with E-state index in [9.17, 15) is 26.3 Å². The van der Waals surface area contributed by atoms with Gasteiger partial charge in [-0.15, -0.1) is 0 Å². The van der Waals surface area contributed by atoms with Gasteiger partial charge in [0, 0.05) is 18.7 Å². The predicted molar refractivity (Wildman–Crippen MR) is 77.3 cm³/mol. The molecule has 26 heavy (non-hydrogen) atoms. The second-order valence-electron chi connectivity index (χ2n) is 5.46. The fourth-order valence-corrected chi connectivity index (χ4v) is 2.21. The molecule has 0 aliphatic heterocycles. The summed E-state index contributed by atoms with van der Waals surface area (Å²) in [5.74, 6) is -5.16. The van der Waals surface area contributed by atoms with Crippen molar-refractivity contribution < 1.29 is 31.1 Å². The smallest absolute Gasteiger partial charge is 0.422 e. The van der Waals surface area contributed by atoms with Crippen LogP contribution in [0.4, 0.5) is 26.3 Å². The molecule has 5 nitrogen and oxygen atoms in total. The van der Waals surface area contributed by atoms with Gasteiger partial charge in [0.1, 0.15) is 18.3 Å². The fraction of sp³-hybridized carbons (Fsp3) is 0.267. The molecule has 0 aromatic carbocycles. The van der Waals surface area contributed by atoms with E-state index in [0.717, 1.165) is 18.6 Å². The molecule has 3 rings (SSSR count). The first-order valence-electron chi connectivity index (χ1n) is 7.11. The molecular formula is C15H10F6N4O. The van der Waals surface area contributed by atoms with Crippen LogP contribution >= 0.6 is 0 Å². The number of halogens is 6. The Bertz CT molecular complexity index is 947. The molecule has 0 aliphatic rings. The Hall–Kier alpha value is -2.85. The van der Waals surface area contributed by atoms with Crippen molar-refractivity contribution >= 4 is 5.52 Å². The summed E-state index contributed by atoms with van der Waals surface area (Å²) in [5.41, 5.74) is -0.256. The Morgan fingerprint density at radius 1 is 1.04 bits per heavy atom. The van der Waals surface area contributed by atoms with Crippen LogP contribution in [0.1, 0.15) is 12.6 Å². The summed E-state index contributed by atoms with van der Waals surface area (Å²) >= 11 is 0. The van der Waals surface area contributed by atoms with Gasteiger partial charge < -0.3 is 4.74 Å². The molecular weight excluding hydrogens is 366 g/mol. The van der Waals surface area contributed by atoms with E-state index in [1.165, 1.54) is 16.8 Å². The van der Waals surface area contributed by atoms with Gasteiger partial charge >= 0.3 is 6.18 Å². The van der Waals surface area contributed by atoms with Crippen molar-refractivity contribution in [1.29, 1.82) is 0 Å². The average molecular weight is 376 g/mol. The molecule has 3 heterocycles. The summed E-state index contributed by atoms with van der Waals surface area (Å²) in [7, 11) is 0. The Kier molecular flexibility index (Phi) is 4.24. The molecule has 3 aromatic rings. The number of pyridine rings is 1. The fourth-order valence-electron chi connectivity index (χ4n) is 2.21. The van der Waals surface area contributed by atoms with Crippen LogP contribution in [0.25, 0.3) is 16.8 Å². The second kappa shape index (κ2) is 6.15. The third kappa shape index (κ3) is 3.70. The number of hydrogen-bond donors (Lipinski definition) is 0. The number of fused-ring (bicyclic) bond motifs is 1. The largest absolute Gasteiger partial charge is 0.466 e. The highest BCUT2D eigenvalue weighted by molar-refractivity contribution is 5.66. The van der Waals surface area contributed by atoms with Crippen LogP contribution in [-0.2, 0) is 5.92 Å². The van der Waals surface area contributed by atoms with E-state index < -0.39 is 36.1 Å². The summed E-state index contributed by atoms with van der Waals surface area (Å²) in [6.45, 7) is -1.01. The van der Waals surface area contributed by atoms with Crippen LogP contribution in [0.15, 0.2) is 31.0 Å². The van der Waals surface area contributed by atoms with E-state index in [1.807, 2.05) is 0 Å². The van der Waals surface area contributed by atoms with Gasteiger partial charge in [0.15, 0.2) is 12.4 Å². The first-order chi connectivity index (χ1) is 12.0. The van der Waals surface area contributed by atoms with Gasteiger partial charge in [0.05, 0.1) is 11.2 Å². The van der Waals surface area contributed by atoms with E-state index in [-0.39, 0.29) is 16.8 Å². The van der Waals surface area contributed by atoms with Gasteiger partial charge in [0.25, 0.3) is 11.8 Å². The van der Waals surface area contributed by atoms with E-state index in [2.05, 4.69) is 19.7 Å².